The summed E-state index contributed by atoms with van der Waals surface area (Å²) in [6.07, 6.45) is 3.04. The first-order valence-electron chi connectivity index (χ1n) is 7.35. The van der Waals surface area contributed by atoms with Gasteiger partial charge in [-0.1, -0.05) is 45.9 Å². The van der Waals surface area contributed by atoms with Crippen LogP contribution in [0.15, 0.2) is 18.2 Å². The third-order valence-electron chi connectivity index (χ3n) is 3.87. The minimum atomic E-state index is 0.186. The summed E-state index contributed by atoms with van der Waals surface area (Å²) in [5.74, 6) is 0.225. The molecule has 1 aromatic carbocycles. The summed E-state index contributed by atoms with van der Waals surface area (Å²) >= 11 is 0. The number of aliphatic hydroxyl groups is 1. The zero-order valence-electron chi connectivity index (χ0n) is 12.9. The van der Waals surface area contributed by atoms with E-state index >= 15 is 0 Å². The number of hydrogen-bond donors (Lipinski definition) is 2. The third kappa shape index (κ3) is 4.63. The van der Waals surface area contributed by atoms with Crippen molar-refractivity contribution in [1.29, 1.82) is 0 Å². The Labute approximate surface area is 118 Å². The van der Waals surface area contributed by atoms with Gasteiger partial charge in [0.25, 0.3) is 0 Å². The van der Waals surface area contributed by atoms with Crippen LogP contribution < -0.4 is 5.73 Å². The highest BCUT2D eigenvalue weighted by atomic mass is 16.3. The van der Waals surface area contributed by atoms with Crippen LogP contribution in [0, 0.1) is 5.92 Å². The highest BCUT2D eigenvalue weighted by Crippen LogP contribution is 2.26. The summed E-state index contributed by atoms with van der Waals surface area (Å²) in [5, 5.41) is 9.23. The van der Waals surface area contributed by atoms with Crippen LogP contribution in [0.3, 0.4) is 0 Å². The second-order valence-corrected chi connectivity index (χ2v) is 6.41. The second kappa shape index (κ2) is 7.06. The van der Waals surface area contributed by atoms with Gasteiger partial charge in [-0.05, 0) is 53.8 Å². The van der Waals surface area contributed by atoms with Crippen LogP contribution in [0.4, 0.5) is 0 Å². The van der Waals surface area contributed by atoms with E-state index in [0.717, 1.165) is 19.3 Å². The summed E-state index contributed by atoms with van der Waals surface area (Å²) in [5.41, 5.74) is 10.1. The molecule has 0 aliphatic carbocycles. The van der Waals surface area contributed by atoms with Crippen molar-refractivity contribution >= 4 is 0 Å². The smallest absolute Gasteiger partial charge is 0.0471 e. The number of rotatable bonds is 6. The largest absolute Gasteiger partial charge is 0.396 e. The Morgan fingerprint density at radius 1 is 1.21 bits per heavy atom. The Kier molecular flexibility index (Phi) is 6.02. The van der Waals surface area contributed by atoms with Gasteiger partial charge in [0.15, 0.2) is 0 Å². The lowest BCUT2D eigenvalue weighted by molar-refractivity contribution is 0.223. The highest BCUT2D eigenvalue weighted by Gasteiger charge is 2.15. The number of nitrogens with two attached hydrogens (primary N) is 1. The van der Waals surface area contributed by atoms with E-state index in [0.29, 0.717) is 6.54 Å². The predicted molar refractivity (Wildman–Crippen MR) is 82.5 cm³/mol. The standard InChI is InChI=1S/C17H29NO/c1-5-14-8-9-16(17(2,3)4)10-15(14)7-6-13(11-18)12-19/h8-10,13,19H,5-7,11-12,18H2,1-4H3. The molecule has 1 aromatic rings. The molecule has 0 heterocycles. The minimum absolute atomic E-state index is 0.186. The maximum Gasteiger partial charge on any atom is 0.0471 e. The van der Waals surface area contributed by atoms with Crippen LogP contribution in [0.1, 0.15) is 50.8 Å². The highest BCUT2D eigenvalue weighted by molar-refractivity contribution is 5.35. The molecule has 0 saturated heterocycles. The molecule has 0 amide bonds. The lowest BCUT2D eigenvalue weighted by Crippen LogP contribution is -2.19. The number of aliphatic hydroxyl groups excluding tert-OH is 1. The van der Waals surface area contributed by atoms with Crippen molar-refractivity contribution < 1.29 is 5.11 Å². The molecule has 3 N–H and O–H groups in total. The van der Waals surface area contributed by atoms with E-state index in [-0.39, 0.29) is 17.9 Å². The summed E-state index contributed by atoms with van der Waals surface area (Å²) in [6.45, 7) is 9.69. The van der Waals surface area contributed by atoms with Gasteiger partial charge in [-0.3, -0.25) is 0 Å². The minimum Gasteiger partial charge on any atom is -0.396 e. The molecule has 0 spiro atoms. The molecule has 108 valence electrons. The molecule has 1 atom stereocenters. The molecular weight excluding hydrogens is 234 g/mol. The summed E-state index contributed by atoms with van der Waals surface area (Å²) in [6, 6.07) is 6.84. The quantitative estimate of drug-likeness (QED) is 0.828. The second-order valence-electron chi connectivity index (χ2n) is 6.41. The molecule has 0 aromatic heterocycles. The van der Waals surface area contributed by atoms with E-state index in [4.69, 9.17) is 5.73 Å². The fraction of sp³-hybridized carbons (Fsp3) is 0.647. The first-order chi connectivity index (χ1) is 8.92. The molecule has 1 rings (SSSR count). The molecule has 0 aliphatic heterocycles. The van der Waals surface area contributed by atoms with Crippen molar-refractivity contribution in [2.24, 2.45) is 11.7 Å². The van der Waals surface area contributed by atoms with Crippen LogP contribution in [-0.4, -0.2) is 18.3 Å². The van der Waals surface area contributed by atoms with Crippen molar-refractivity contribution in [2.75, 3.05) is 13.2 Å². The Balaban J connectivity index is 2.90. The van der Waals surface area contributed by atoms with Gasteiger partial charge in [-0.15, -0.1) is 0 Å². The molecule has 0 aliphatic rings. The van der Waals surface area contributed by atoms with Gasteiger partial charge in [0, 0.05) is 6.61 Å². The average molecular weight is 263 g/mol. The SMILES string of the molecule is CCc1ccc(C(C)(C)C)cc1CCC(CN)CO. The van der Waals surface area contributed by atoms with Crippen LogP contribution in [0.25, 0.3) is 0 Å². The number of hydrogen-bond acceptors (Lipinski definition) is 2. The zero-order valence-corrected chi connectivity index (χ0v) is 12.9. The summed E-state index contributed by atoms with van der Waals surface area (Å²) in [7, 11) is 0. The number of aryl methyl sites for hydroxylation is 2. The summed E-state index contributed by atoms with van der Waals surface area (Å²) in [4.78, 5) is 0. The molecule has 0 saturated carbocycles. The van der Waals surface area contributed by atoms with Gasteiger partial charge in [0.05, 0.1) is 0 Å². The molecular formula is C17H29NO. The molecule has 19 heavy (non-hydrogen) atoms. The Morgan fingerprint density at radius 3 is 2.37 bits per heavy atom. The molecule has 2 heteroatoms. The lowest BCUT2D eigenvalue weighted by Gasteiger charge is -2.22. The fourth-order valence-electron chi connectivity index (χ4n) is 2.31. The lowest BCUT2D eigenvalue weighted by atomic mass is 9.84. The normalized spacial score (nSPS) is 13.6. The van der Waals surface area contributed by atoms with Gasteiger partial charge in [-0.2, -0.15) is 0 Å². The van der Waals surface area contributed by atoms with E-state index in [1.165, 1.54) is 16.7 Å². The molecule has 0 bridgehead atoms. The maximum absolute atomic E-state index is 9.23. The Hall–Kier alpha value is -0.860. The first-order valence-corrected chi connectivity index (χ1v) is 7.35. The van der Waals surface area contributed by atoms with E-state index in [1.807, 2.05) is 0 Å². The Morgan fingerprint density at radius 2 is 1.89 bits per heavy atom. The first kappa shape index (κ1) is 16.2. The third-order valence-corrected chi connectivity index (χ3v) is 3.87. The summed E-state index contributed by atoms with van der Waals surface area (Å²) < 4.78 is 0. The van der Waals surface area contributed by atoms with Crippen LogP contribution in [-0.2, 0) is 18.3 Å². The predicted octanol–water partition coefficient (Wildman–Crippen LogP) is 3.05. The van der Waals surface area contributed by atoms with Crippen molar-refractivity contribution in [1.82, 2.24) is 0 Å². The molecule has 0 radical (unpaired) electrons. The van der Waals surface area contributed by atoms with Crippen molar-refractivity contribution in [3.8, 4) is 0 Å². The number of benzene rings is 1. The average Bonchev–Trinajstić information content (AvgIpc) is 2.38. The molecule has 2 nitrogen and oxygen atoms in total. The van der Waals surface area contributed by atoms with Crippen LogP contribution >= 0.6 is 0 Å². The van der Waals surface area contributed by atoms with Crippen molar-refractivity contribution in [2.45, 2.75) is 52.4 Å². The van der Waals surface area contributed by atoms with Crippen LogP contribution in [0.5, 0.6) is 0 Å². The van der Waals surface area contributed by atoms with Crippen LogP contribution in [0.2, 0.25) is 0 Å². The fourth-order valence-corrected chi connectivity index (χ4v) is 2.31. The van der Waals surface area contributed by atoms with Gasteiger partial charge in [0.2, 0.25) is 0 Å². The van der Waals surface area contributed by atoms with Crippen molar-refractivity contribution in [3.63, 3.8) is 0 Å². The Bertz CT molecular complexity index is 389. The monoisotopic (exact) mass is 263 g/mol. The molecule has 0 fully saturated rings. The van der Waals surface area contributed by atoms with E-state index in [1.54, 1.807) is 0 Å². The van der Waals surface area contributed by atoms with E-state index in [2.05, 4.69) is 45.9 Å². The van der Waals surface area contributed by atoms with Gasteiger partial charge in [0.1, 0.15) is 0 Å². The van der Waals surface area contributed by atoms with Gasteiger partial charge < -0.3 is 10.8 Å². The van der Waals surface area contributed by atoms with Gasteiger partial charge >= 0.3 is 0 Å². The zero-order chi connectivity index (χ0) is 14.5. The maximum atomic E-state index is 9.23. The van der Waals surface area contributed by atoms with E-state index in [9.17, 15) is 5.11 Å². The van der Waals surface area contributed by atoms with Gasteiger partial charge in [-0.25, -0.2) is 0 Å². The van der Waals surface area contributed by atoms with E-state index < -0.39 is 0 Å². The topological polar surface area (TPSA) is 46.2 Å². The van der Waals surface area contributed by atoms with Crippen molar-refractivity contribution in [3.05, 3.63) is 34.9 Å². The molecule has 1 unspecified atom stereocenters.